The van der Waals surface area contributed by atoms with Gasteiger partial charge in [0.25, 0.3) is 0 Å². The quantitative estimate of drug-likeness (QED) is 0.770. The lowest BCUT2D eigenvalue weighted by atomic mass is 10.1. The summed E-state index contributed by atoms with van der Waals surface area (Å²) in [5.74, 6) is 1.53. The van der Waals surface area contributed by atoms with E-state index in [0.717, 1.165) is 10.6 Å². The first-order valence-corrected chi connectivity index (χ1v) is 6.81. The van der Waals surface area contributed by atoms with Crippen LogP contribution in [0.1, 0.15) is 10.4 Å². The van der Waals surface area contributed by atoms with Crippen molar-refractivity contribution in [3.05, 3.63) is 60.2 Å². The number of Topliss-reactive ketones (excluding diaryl/α,β-unsaturated/α-hetero) is 1. The van der Waals surface area contributed by atoms with Crippen LogP contribution in [0.15, 0.2) is 59.5 Å². The number of carbonyl (C=O) groups excluding carboxylic acids is 1. The second kappa shape index (κ2) is 4.86. The molecule has 1 aliphatic heterocycles. The summed E-state index contributed by atoms with van der Waals surface area (Å²) in [6, 6.07) is 17.1. The highest BCUT2D eigenvalue weighted by Crippen LogP contribution is 2.35. The lowest BCUT2D eigenvalue weighted by Crippen LogP contribution is -2.32. The Morgan fingerprint density at radius 2 is 1.78 bits per heavy atom. The predicted molar refractivity (Wildman–Crippen MR) is 72.4 cm³/mol. The highest BCUT2D eigenvalue weighted by atomic mass is 32.2. The van der Waals surface area contributed by atoms with Gasteiger partial charge in [-0.1, -0.05) is 42.5 Å². The van der Waals surface area contributed by atoms with Crippen molar-refractivity contribution >= 4 is 17.5 Å². The van der Waals surface area contributed by atoms with Crippen LogP contribution in [0, 0.1) is 0 Å². The number of benzene rings is 2. The molecule has 0 bridgehead atoms. The van der Waals surface area contributed by atoms with Gasteiger partial charge in [0, 0.05) is 16.2 Å². The summed E-state index contributed by atoms with van der Waals surface area (Å²) < 4.78 is 5.78. The van der Waals surface area contributed by atoms with Gasteiger partial charge in [0.1, 0.15) is 5.75 Å². The SMILES string of the molecule is O=C(c1ccccc1)C1CSc2ccccc2O1. The first-order chi connectivity index (χ1) is 8.84. The Hall–Kier alpha value is -1.74. The van der Waals surface area contributed by atoms with E-state index in [0.29, 0.717) is 11.3 Å². The van der Waals surface area contributed by atoms with E-state index in [-0.39, 0.29) is 11.9 Å². The second-order valence-corrected chi connectivity index (χ2v) is 5.16. The molecule has 1 aliphatic rings. The van der Waals surface area contributed by atoms with E-state index >= 15 is 0 Å². The zero-order valence-corrected chi connectivity index (χ0v) is 10.5. The van der Waals surface area contributed by atoms with Crippen LogP contribution in [0.4, 0.5) is 0 Å². The van der Waals surface area contributed by atoms with Gasteiger partial charge in [-0.3, -0.25) is 4.79 Å². The minimum Gasteiger partial charge on any atom is -0.480 e. The van der Waals surface area contributed by atoms with Gasteiger partial charge >= 0.3 is 0 Å². The molecule has 1 unspecified atom stereocenters. The molecule has 0 aromatic heterocycles. The average molecular weight is 256 g/mol. The Balaban J connectivity index is 1.82. The van der Waals surface area contributed by atoms with Gasteiger partial charge in [0.2, 0.25) is 5.78 Å². The van der Waals surface area contributed by atoms with E-state index in [1.807, 2.05) is 54.6 Å². The van der Waals surface area contributed by atoms with E-state index in [1.165, 1.54) is 0 Å². The minimum absolute atomic E-state index is 0.0533. The second-order valence-electron chi connectivity index (χ2n) is 4.09. The number of fused-ring (bicyclic) bond motifs is 1. The van der Waals surface area contributed by atoms with Crippen LogP contribution in [0.25, 0.3) is 0 Å². The van der Waals surface area contributed by atoms with Crippen LogP contribution >= 0.6 is 11.8 Å². The van der Waals surface area contributed by atoms with Crippen LogP contribution in [-0.2, 0) is 0 Å². The molecular weight excluding hydrogens is 244 g/mol. The molecule has 90 valence electrons. The Morgan fingerprint density at radius 1 is 1.06 bits per heavy atom. The van der Waals surface area contributed by atoms with E-state index in [9.17, 15) is 4.79 Å². The summed E-state index contributed by atoms with van der Waals surface area (Å²) in [7, 11) is 0. The van der Waals surface area contributed by atoms with Gasteiger partial charge in [-0.05, 0) is 12.1 Å². The molecule has 3 heteroatoms. The lowest BCUT2D eigenvalue weighted by molar-refractivity contribution is 0.0815. The third-order valence-corrected chi connectivity index (χ3v) is 3.98. The molecule has 0 fully saturated rings. The smallest absolute Gasteiger partial charge is 0.204 e. The molecule has 0 spiro atoms. The molecular formula is C15H12O2S. The Kier molecular flexibility index (Phi) is 3.07. The fourth-order valence-corrected chi connectivity index (χ4v) is 2.92. The molecule has 0 saturated carbocycles. The van der Waals surface area contributed by atoms with Crippen LogP contribution < -0.4 is 4.74 Å². The van der Waals surface area contributed by atoms with Crippen molar-refractivity contribution < 1.29 is 9.53 Å². The van der Waals surface area contributed by atoms with Crippen LogP contribution in [0.5, 0.6) is 5.75 Å². The minimum atomic E-state index is -0.382. The highest BCUT2D eigenvalue weighted by molar-refractivity contribution is 7.99. The highest BCUT2D eigenvalue weighted by Gasteiger charge is 2.27. The van der Waals surface area contributed by atoms with Crippen LogP contribution in [0.3, 0.4) is 0 Å². The molecule has 2 aromatic rings. The van der Waals surface area contributed by atoms with E-state index < -0.39 is 0 Å². The third-order valence-electron chi connectivity index (χ3n) is 2.86. The standard InChI is InChI=1S/C15H12O2S/c16-15(11-6-2-1-3-7-11)13-10-18-14-9-5-4-8-12(14)17-13/h1-9,13H,10H2. The molecule has 0 amide bonds. The lowest BCUT2D eigenvalue weighted by Gasteiger charge is -2.24. The topological polar surface area (TPSA) is 26.3 Å². The van der Waals surface area contributed by atoms with Gasteiger partial charge in [0.05, 0.1) is 0 Å². The molecule has 18 heavy (non-hydrogen) atoms. The normalized spacial score (nSPS) is 17.7. The molecule has 0 N–H and O–H groups in total. The number of ketones is 1. The Morgan fingerprint density at radius 3 is 2.61 bits per heavy atom. The van der Waals surface area contributed by atoms with Crippen molar-refractivity contribution in [1.29, 1.82) is 0 Å². The predicted octanol–water partition coefficient (Wildman–Crippen LogP) is 3.42. The molecule has 0 saturated heterocycles. The summed E-state index contributed by atoms with van der Waals surface area (Å²) >= 11 is 1.67. The molecule has 1 heterocycles. The number of rotatable bonds is 2. The summed E-state index contributed by atoms with van der Waals surface area (Å²) in [4.78, 5) is 13.4. The van der Waals surface area contributed by atoms with Crippen molar-refractivity contribution in [2.75, 3.05) is 5.75 Å². The number of hydrogen-bond acceptors (Lipinski definition) is 3. The summed E-state index contributed by atoms with van der Waals surface area (Å²) in [5, 5.41) is 0. The number of carbonyl (C=O) groups is 1. The fraction of sp³-hybridized carbons (Fsp3) is 0.133. The van der Waals surface area contributed by atoms with Gasteiger partial charge in [0.15, 0.2) is 6.10 Å². The van der Waals surface area contributed by atoms with Gasteiger partial charge in [-0.25, -0.2) is 0 Å². The molecule has 2 aromatic carbocycles. The molecule has 0 radical (unpaired) electrons. The number of para-hydroxylation sites is 1. The average Bonchev–Trinajstić information content (AvgIpc) is 2.47. The monoisotopic (exact) mass is 256 g/mol. The van der Waals surface area contributed by atoms with Gasteiger partial charge in [-0.15, -0.1) is 11.8 Å². The number of ether oxygens (including phenoxy) is 1. The maximum atomic E-state index is 12.3. The van der Waals surface area contributed by atoms with E-state index in [1.54, 1.807) is 11.8 Å². The number of thioether (sulfide) groups is 1. The third kappa shape index (κ3) is 2.14. The summed E-state index contributed by atoms with van der Waals surface area (Å²) in [6.45, 7) is 0. The first kappa shape index (κ1) is 11.4. The maximum Gasteiger partial charge on any atom is 0.204 e. The van der Waals surface area contributed by atoms with Crippen molar-refractivity contribution in [3.63, 3.8) is 0 Å². The fourth-order valence-electron chi connectivity index (χ4n) is 1.94. The molecule has 3 rings (SSSR count). The Labute approximate surface area is 110 Å². The summed E-state index contributed by atoms with van der Waals surface area (Å²) in [5.41, 5.74) is 0.711. The van der Waals surface area contributed by atoms with Crippen molar-refractivity contribution in [1.82, 2.24) is 0 Å². The van der Waals surface area contributed by atoms with Gasteiger partial charge in [-0.2, -0.15) is 0 Å². The van der Waals surface area contributed by atoms with Crippen LogP contribution in [-0.4, -0.2) is 17.6 Å². The molecule has 0 aliphatic carbocycles. The van der Waals surface area contributed by atoms with Crippen molar-refractivity contribution in [2.24, 2.45) is 0 Å². The molecule has 1 atom stereocenters. The maximum absolute atomic E-state index is 12.3. The van der Waals surface area contributed by atoms with E-state index in [4.69, 9.17) is 4.74 Å². The Bertz CT molecular complexity index is 566. The zero-order chi connectivity index (χ0) is 12.4. The largest absolute Gasteiger partial charge is 0.480 e. The van der Waals surface area contributed by atoms with Crippen molar-refractivity contribution in [3.8, 4) is 5.75 Å². The van der Waals surface area contributed by atoms with E-state index in [2.05, 4.69) is 0 Å². The van der Waals surface area contributed by atoms with Crippen LogP contribution in [0.2, 0.25) is 0 Å². The van der Waals surface area contributed by atoms with Gasteiger partial charge < -0.3 is 4.74 Å². The number of hydrogen-bond donors (Lipinski definition) is 0. The first-order valence-electron chi connectivity index (χ1n) is 5.82. The van der Waals surface area contributed by atoms with Crippen molar-refractivity contribution in [2.45, 2.75) is 11.0 Å². The zero-order valence-electron chi connectivity index (χ0n) is 9.71. The summed E-state index contributed by atoms with van der Waals surface area (Å²) in [6.07, 6.45) is -0.382. The molecule has 2 nitrogen and oxygen atoms in total.